The Morgan fingerprint density at radius 2 is 1.94 bits per heavy atom. The van der Waals surface area contributed by atoms with Gasteiger partial charge in [-0.2, -0.15) is 0 Å². The molecule has 3 heteroatoms. The second-order valence-corrected chi connectivity index (χ2v) is 5.01. The molecule has 0 bridgehead atoms. The molecule has 2 rings (SSSR count). The highest BCUT2D eigenvalue weighted by atomic mass is 15.3. The fraction of sp³-hybridized carbons (Fsp3) is 0.571. The first kappa shape index (κ1) is 12.4. The van der Waals surface area contributed by atoms with Crippen LogP contribution in [0, 0.1) is 0 Å². The van der Waals surface area contributed by atoms with E-state index in [0.717, 1.165) is 32.6 Å². The van der Waals surface area contributed by atoms with Crippen molar-refractivity contribution < 1.29 is 0 Å². The minimum atomic E-state index is 0.592. The van der Waals surface area contributed by atoms with Crippen LogP contribution in [0.4, 0.5) is 5.69 Å². The molecule has 3 nitrogen and oxygen atoms in total. The number of likely N-dealkylation sites (N-methyl/N-ethyl adjacent to an activating group) is 1. The number of anilines is 1. The normalized spacial score (nSPS) is 21.8. The summed E-state index contributed by atoms with van der Waals surface area (Å²) in [5.74, 6) is 0. The van der Waals surface area contributed by atoms with E-state index >= 15 is 0 Å². The molecular formula is C14H23N3. The molecule has 0 amide bonds. The summed E-state index contributed by atoms with van der Waals surface area (Å²) in [6.45, 7) is 6.43. The first-order valence-corrected chi connectivity index (χ1v) is 6.45. The zero-order valence-corrected chi connectivity index (χ0v) is 10.9. The third-order valence-corrected chi connectivity index (χ3v) is 3.53. The first-order chi connectivity index (χ1) is 8.20. The number of benzene rings is 1. The molecule has 0 spiro atoms. The summed E-state index contributed by atoms with van der Waals surface area (Å²) in [4.78, 5) is 4.89. The molecule has 1 heterocycles. The van der Waals surface area contributed by atoms with E-state index in [0.29, 0.717) is 6.04 Å². The molecular weight excluding hydrogens is 210 g/mol. The van der Waals surface area contributed by atoms with Crippen LogP contribution in [0.5, 0.6) is 0 Å². The maximum absolute atomic E-state index is 5.56. The van der Waals surface area contributed by atoms with E-state index in [1.807, 2.05) is 0 Å². The number of rotatable bonds is 3. The second-order valence-electron chi connectivity index (χ2n) is 5.01. The average molecular weight is 233 g/mol. The Labute approximate surface area is 104 Å². The van der Waals surface area contributed by atoms with Gasteiger partial charge < -0.3 is 15.5 Å². The molecule has 1 aliphatic heterocycles. The largest absolute Gasteiger partial charge is 0.366 e. The van der Waals surface area contributed by atoms with Crippen LogP contribution < -0.4 is 10.6 Å². The van der Waals surface area contributed by atoms with Crippen LogP contribution in [0.25, 0.3) is 0 Å². The van der Waals surface area contributed by atoms with Gasteiger partial charge in [0.1, 0.15) is 0 Å². The Hall–Kier alpha value is -1.06. The van der Waals surface area contributed by atoms with Crippen LogP contribution in [0.3, 0.4) is 0 Å². The smallest absolute Gasteiger partial charge is 0.0389 e. The number of nitrogens with zero attached hydrogens (tertiary/aromatic N) is 2. The van der Waals surface area contributed by atoms with Crippen molar-refractivity contribution in [2.75, 3.05) is 38.1 Å². The molecule has 1 aromatic carbocycles. The second kappa shape index (κ2) is 5.52. The highest BCUT2D eigenvalue weighted by Crippen LogP contribution is 2.20. The fourth-order valence-electron chi connectivity index (χ4n) is 2.54. The van der Waals surface area contributed by atoms with Crippen LogP contribution >= 0.6 is 0 Å². The van der Waals surface area contributed by atoms with Gasteiger partial charge in [-0.15, -0.1) is 0 Å². The van der Waals surface area contributed by atoms with Gasteiger partial charge in [0, 0.05) is 31.4 Å². The van der Waals surface area contributed by atoms with Crippen molar-refractivity contribution in [1.82, 2.24) is 4.90 Å². The van der Waals surface area contributed by atoms with Gasteiger partial charge in [-0.25, -0.2) is 0 Å². The fourth-order valence-corrected chi connectivity index (χ4v) is 2.54. The summed E-state index contributed by atoms with van der Waals surface area (Å²) in [7, 11) is 2.19. The molecule has 1 aromatic rings. The van der Waals surface area contributed by atoms with Crippen molar-refractivity contribution >= 4 is 5.69 Å². The zero-order valence-electron chi connectivity index (χ0n) is 10.9. The standard InChI is InChI=1S/C14H23N3/c1-12-11-16(2)9-10-17(12)14-5-3-13(4-6-14)7-8-15/h3-6,12H,7-11,15H2,1-2H3. The van der Waals surface area contributed by atoms with Crippen LogP contribution in [0.2, 0.25) is 0 Å². The molecule has 94 valence electrons. The van der Waals surface area contributed by atoms with Gasteiger partial charge in [0.05, 0.1) is 0 Å². The maximum Gasteiger partial charge on any atom is 0.0389 e. The Kier molecular flexibility index (Phi) is 4.02. The summed E-state index contributed by atoms with van der Waals surface area (Å²) in [5, 5.41) is 0. The highest BCUT2D eigenvalue weighted by molar-refractivity contribution is 5.49. The summed E-state index contributed by atoms with van der Waals surface area (Å²) in [6, 6.07) is 9.45. The van der Waals surface area contributed by atoms with E-state index in [9.17, 15) is 0 Å². The Morgan fingerprint density at radius 3 is 2.53 bits per heavy atom. The average Bonchev–Trinajstić information content (AvgIpc) is 2.31. The predicted octanol–water partition coefficient (Wildman–Crippen LogP) is 1.33. The lowest BCUT2D eigenvalue weighted by Gasteiger charge is -2.39. The van der Waals surface area contributed by atoms with Crippen molar-refractivity contribution in [3.05, 3.63) is 29.8 Å². The van der Waals surface area contributed by atoms with Crippen molar-refractivity contribution in [2.45, 2.75) is 19.4 Å². The molecule has 1 aliphatic rings. The van der Waals surface area contributed by atoms with Gasteiger partial charge >= 0.3 is 0 Å². The van der Waals surface area contributed by atoms with Crippen LogP contribution in [-0.2, 0) is 6.42 Å². The molecule has 1 saturated heterocycles. The molecule has 0 aromatic heterocycles. The van der Waals surface area contributed by atoms with Gasteiger partial charge in [0.25, 0.3) is 0 Å². The van der Waals surface area contributed by atoms with Crippen molar-refractivity contribution in [1.29, 1.82) is 0 Å². The van der Waals surface area contributed by atoms with E-state index in [4.69, 9.17) is 5.73 Å². The predicted molar refractivity (Wildman–Crippen MR) is 73.5 cm³/mol. The maximum atomic E-state index is 5.56. The monoisotopic (exact) mass is 233 g/mol. The number of hydrogen-bond donors (Lipinski definition) is 1. The van der Waals surface area contributed by atoms with Gasteiger partial charge in [0.2, 0.25) is 0 Å². The van der Waals surface area contributed by atoms with Gasteiger partial charge in [-0.05, 0) is 44.6 Å². The van der Waals surface area contributed by atoms with E-state index in [1.165, 1.54) is 11.3 Å². The third-order valence-electron chi connectivity index (χ3n) is 3.53. The lowest BCUT2D eigenvalue weighted by molar-refractivity contribution is 0.275. The SMILES string of the molecule is CC1CN(C)CCN1c1ccc(CCN)cc1. The van der Waals surface area contributed by atoms with E-state index in [-0.39, 0.29) is 0 Å². The summed E-state index contributed by atoms with van der Waals surface area (Å²) >= 11 is 0. The summed E-state index contributed by atoms with van der Waals surface area (Å²) in [6.07, 6.45) is 0.971. The lowest BCUT2D eigenvalue weighted by Crippen LogP contribution is -2.50. The lowest BCUT2D eigenvalue weighted by atomic mass is 10.1. The van der Waals surface area contributed by atoms with Crippen LogP contribution in [-0.4, -0.2) is 44.2 Å². The van der Waals surface area contributed by atoms with Crippen molar-refractivity contribution in [3.63, 3.8) is 0 Å². The molecule has 2 N–H and O–H groups in total. The van der Waals surface area contributed by atoms with Gasteiger partial charge in [0.15, 0.2) is 0 Å². The Bertz CT molecular complexity index is 347. The van der Waals surface area contributed by atoms with Crippen LogP contribution in [0.1, 0.15) is 12.5 Å². The van der Waals surface area contributed by atoms with E-state index < -0.39 is 0 Å². The minimum Gasteiger partial charge on any atom is -0.366 e. The first-order valence-electron chi connectivity index (χ1n) is 6.45. The quantitative estimate of drug-likeness (QED) is 0.855. The number of piperazine rings is 1. The molecule has 0 radical (unpaired) electrons. The summed E-state index contributed by atoms with van der Waals surface area (Å²) in [5.41, 5.74) is 8.23. The van der Waals surface area contributed by atoms with Gasteiger partial charge in [-0.3, -0.25) is 0 Å². The zero-order chi connectivity index (χ0) is 12.3. The van der Waals surface area contributed by atoms with Gasteiger partial charge in [-0.1, -0.05) is 12.1 Å². The third kappa shape index (κ3) is 2.99. The van der Waals surface area contributed by atoms with Crippen molar-refractivity contribution in [2.24, 2.45) is 5.73 Å². The molecule has 1 fully saturated rings. The Balaban J connectivity index is 2.06. The Morgan fingerprint density at radius 1 is 1.24 bits per heavy atom. The molecule has 0 aliphatic carbocycles. The minimum absolute atomic E-state index is 0.592. The van der Waals surface area contributed by atoms with E-state index in [2.05, 4.69) is 48.0 Å². The summed E-state index contributed by atoms with van der Waals surface area (Å²) < 4.78 is 0. The molecule has 1 unspecified atom stereocenters. The highest BCUT2D eigenvalue weighted by Gasteiger charge is 2.21. The molecule has 0 saturated carbocycles. The van der Waals surface area contributed by atoms with Crippen molar-refractivity contribution in [3.8, 4) is 0 Å². The number of nitrogens with two attached hydrogens (primary N) is 1. The topological polar surface area (TPSA) is 32.5 Å². The number of hydrogen-bond acceptors (Lipinski definition) is 3. The molecule has 1 atom stereocenters. The van der Waals surface area contributed by atoms with Crippen LogP contribution in [0.15, 0.2) is 24.3 Å². The van der Waals surface area contributed by atoms with E-state index in [1.54, 1.807) is 0 Å². The molecule has 17 heavy (non-hydrogen) atoms.